The lowest BCUT2D eigenvalue weighted by Crippen LogP contribution is -2.33. The lowest BCUT2D eigenvalue weighted by atomic mass is 10.1. The summed E-state index contributed by atoms with van der Waals surface area (Å²) in [6.45, 7) is 2.15. The topological polar surface area (TPSA) is 237 Å². The van der Waals surface area contributed by atoms with E-state index >= 15 is 0 Å². The van der Waals surface area contributed by atoms with Crippen LogP contribution in [0.25, 0.3) is 0 Å². The molecule has 40 heavy (non-hydrogen) atoms. The van der Waals surface area contributed by atoms with E-state index in [0.717, 1.165) is 0 Å². The van der Waals surface area contributed by atoms with Crippen LogP contribution in [0.4, 0.5) is 0 Å². The number of carbonyl (C=O) groups excluding carboxylic acids is 3. The van der Waals surface area contributed by atoms with Gasteiger partial charge < -0.3 is 50.8 Å². The molecule has 0 saturated heterocycles. The van der Waals surface area contributed by atoms with Gasteiger partial charge in [0.05, 0.1) is 39.6 Å². The van der Waals surface area contributed by atoms with Gasteiger partial charge in [0.1, 0.15) is 25.3 Å². The number of amides is 3. The first-order chi connectivity index (χ1) is 19.2. The number of aliphatic carboxylic acids is 2. The molecular formula is C23H42IN5O11. The fourth-order valence-electron chi connectivity index (χ4n) is 2.82. The third-order valence-electron chi connectivity index (χ3n) is 5.02. The van der Waals surface area contributed by atoms with Crippen LogP contribution in [0.1, 0.15) is 32.1 Å². The first kappa shape index (κ1) is 37.8. The number of nitrogens with two attached hydrogens (primary N) is 1. The van der Waals surface area contributed by atoms with Crippen LogP contribution in [-0.2, 0) is 42.9 Å². The smallest absolute Gasteiger partial charge is 0.321 e. The SMILES string of the molecule is N[C@@H](CCC(=O)NCCOCCOCC(=O)NCCOCCOCC(=O)NCCCC[C@H](NI)C(=O)O)C(=O)O. The molecule has 0 aromatic carbocycles. The second-order valence-corrected chi connectivity index (χ2v) is 8.98. The van der Waals surface area contributed by atoms with E-state index in [2.05, 4.69) is 19.5 Å². The van der Waals surface area contributed by atoms with Gasteiger partial charge in [0, 0.05) is 48.9 Å². The number of carbonyl (C=O) groups is 5. The molecule has 8 N–H and O–H groups in total. The number of hydrogen-bond acceptors (Lipinski definition) is 11. The van der Waals surface area contributed by atoms with Crippen molar-refractivity contribution in [2.24, 2.45) is 5.73 Å². The van der Waals surface area contributed by atoms with E-state index in [9.17, 15) is 24.0 Å². The molecule has 0 fully saturated rings. The van der Waals surface area contributed by atoms with Crippen molar-refractivity contribution in [3.05, 3.63) is 0 Å². The van der Waals surface area contributed by atoms with Crippen molar-refractivity contribution < 1.29 is 53.1 Å². The molecule has 0 bridgehead atoms. The normalized spacial score (nSPS) is 12.3. The zero-order chi connectivity index (χ0) is 30.0. The molecular weight excluding hydrogens is 649 g/mol. The number of hydrogen-bond donors (Lipinski definition) is 7. The molecule has 0 aliphatic heterocycles. The number of carboxylic acids is 2. The molecule has 0 aromatic rings. The summed E-state index contributed by atoms with van der Waals surface area (Å²) in [5, 5.41) is 25.5. The Bertz CT molecular complexity index is 748. The van der Waals surface area contributed by atoms with Crippen molar-refractivity contribution in [2.75, 3.05) is 72.5 Å². The highest BCUT2D eigenvalue weighted by Crippen LogP contribution is 2.02. The van der Waals surface area contributed by atoms with Gasteiger partial charge in [0.25, 0.3) is 0 Å². The highest BCUT2D eigenvalue weighted by atomic mass is 127. The van der Waals surface area contributed by atoms with Gasteiger partial charge in [-0.1, -0.05) is 0 Å². The van der Waals surface area contributed by atoms with E-state index in [0.29, 0.717) is 25.8 Å². The van der Waals surface area contributed by atoms with Gasteiger partial charge in [-0.15, -0.1) is 0 Å². The predicted octanol–water partition coefficient (Wildman–Crippen LogP) is -1.84. The Morgan fingerprint density at radius 3 is 1.65 bits per heavy atom. The van der Waals surface area contributed by atoms with Crippen molar-refractivity contribution in [2.45, 2.75) is 44.2 Å². The molecule has 16 nitrogen and oxygen atoms in total. The lowest BCUT2D eigenvalue weighted by molar-refractivity contribution is -0.139. The maximum Gasteiger partial charge on any atom is 0.321 e. The molecule has 0 unspecified atom stereocenters. The summed E-state index contributed by atoms with van der Waals surface area (Å²) in [5.74, 6) is -2.93. The Kier molecular flexibility index (Phi) is 24.4. The van der Waals surface area contributed by atoms with Crippen molar-refractivity contribution in [1.29, 1.82) is 0 Å². The van der Waals surface area contributed by atoms with Gasteiger partial charge in [0.15, 0.2) is 0 Å². The summed E-state index contributed by atoms with van der Waals surface area (Å²) >= 11 is 1.81. The Labute approximate surface area is 247 Å². The highest BCUT2D eigenvalue weighted by molar-refractivity contribution is 14.1. The fourth-order valence-corrected chi connectivity index (χ4v) is 3.40. The summed E-state index contributed by atoms with van der Waals surface area (Å²) in [6, 6.07) is -1.66. The number of carboxylic acid groups (broad SMARTS) is 2. The number of unbranched alkanes of at least 4 members (excludes halogenated alkanes) is 1. The highest BCUT2D eigenvalue weighted by Gasteiger charge is 2.14. The molecule has 0 radical (unpaired) electrons. The third kappa shape index (κ3) is 23.7. The van der Waals surface area contributed by atoms with Crippen LogP contribution in [0.2, 0.25) is 0 Å². The average Bonchev–Trinajstić information content (AvgIpc) is 2.91. The van der Waals surface area contributed by atoms with Crippen LogP contribution in [-0.4, -0.2) is 124 Å². The van der Waals surface area contributed by atoms with E-state index in [1.165, 1.54) is 0 Å². The summed E-state index contributed by atoms with van der Waals surface area (Å²) < 4.78 is 23.7. The van der Waals surface area contributed by atoms with Crippen molar-refractivity contribution in [3.8, 4) is 0 Å². The first-order valence-corrected chi connectivity index (χ1v) is 13.9. The Morgan fingerprint density at radius 1 is 0.650 bits per heavy atom. The quantitative estimate of drug-likeness (QED) is 0.0285. The molecule has 0 aromatic heterocycles. The van der Waals surface area contributed by atoms with Crippen LogP contribution in [0.5, 0.6) is 0 Å². The summed E-state index contributed by atoms with van der Waals surface area (Å²) in [7, 11) is 0. The van der Waals surface area contributed by atoms with Crippen molar-refractivity contribution >= 4 is 52.5 Å². The van der Waals surface area contributed by atoms with E-state index in [1.807, 2.05) is 22.9 Å². The number of rotatable bonds is 27. The van der Waals surface area contributed by atoms with Gasteiger partial charge in [-0.25, -0.2) is 3.53 Å². The van der Waals surface area contributed by atoms with E-state index < -0.39 is 24.0 Å². The van der Waals surface area contributed by atoms with Crippen LogP contribution < -0.4 is 25.2 Å². The van der Waals surface area contributed by atoms with E-state index in [4.69, 9.17) is 34.9 Å². The van der Waals surface area contributed by atoms with Crippen LogP contribution >= 0.6 is 22.9 Å². The number of nitrogens with one attached hydrogen (secondary N) is 4. The second-order valence-electron chi connectivity index (χ2n) is 8.36. The predicted molar refractivity (Wildman–Crippen MR) is 150 cm³/mol. The van der Waals surface area contributed by atoms with Gasteiger partial charge in [-0.3, -0.25) is 24.0 Å². The Morgan fingerprint density at radius 2 is 1.15 bits per heavy atom. The zero-order valence-corrected chi connectivity index (χ0v) is 24.6. The van der Waals surface area contributed by atoms with Gasteiger partial charge in [0.2, 0.25) is 17.7 Å². The van der Waals surface area contributed by atoms with Crippen molar-refractivity contribution in [3.63, 3.8) is 0 Å². The largest absolute Gasteiger partial charge is 0.480 e. The fraction of sp³-hybridized carbons (Fsp3) is 0.783. The monoisotopic (exact) mass is 691 g/mol. The molecule has 0 aliphatic rings. The molecule has 0 heterocycles. The average molecular weight is 692 g/mol. The Balaban J connectivity index is 3.44. The molecule has 17 heteroatoms. The molecule has 2 atom stereocenters. The van der Waals surface area contributed by atoms with Gasteiger partial charge in [-0.05, 0) is 25.7 Å². The minimum absolute atomic E-state index is 0.0161. The van der Waals surface area contributed by atoms with Crippen LogP contribution in [0.3, 0.4) is 0 Å². The van der Waals surface area contributed by atoms with E-state index in [1.54, 1.807) is 0 Å². The minimum atomic E-state index is -1.15. The van der Waals surface area contributed by atoms with Crippen LogP contribution in [0.15, 0.2) is 0 Å². The molecule has 0 saturated carbocycles. The number of halogens is 1. The maximum atomic E-state index is 11.7. The first-order valence-electron chi connectivity index (χ1n) is 12.9. The third-order valence-corrected chi connectivity index (χ3v) is 5.77. The lowest BCUT2D eigenvalue weighted by Gasteiger charge is -2.10. The molecule has 0 aliphatic carbocycles. The minimum Gasteiger partial charge on any atom is -0.480 e. The second kappa shape index (κ2) is 25.8. The summed E-state index contributed by atoms with van der Waals surface area (Å²) in [6.07, 6.45) is 1.88. The van der Waals surface area contributed by atoms with Crippen molar-refractivity contribution in [1.82, 2.24) is 19.5 Å². The molecule has 0 spiro atoms. The zero-order valence-electron chi connectivity index (χ0n) is 22.5. The van der Waals surface area contributed by atoms with Gasteiger partial charge >= 0.3 is 11.9 Å². The number of ether oxygens (including phenoxy) is 4. The molecule has 0 rings (SSSR count). The molecule has 3 amide bonds. The van der Waals surface area contributed by atoms with E-state index in [-0.39, 0.29) is 96.5 Å². The van der Waals surface area contributed by atoms with Gasteiger partial charge in [-0.2, -0.15) is 0 Å². The Hall–Kier alpha value is -2.16. The maximum absolute atomic E-state index is 11.7. The van der Waals surface area contributed by atoms with Crippen LogP contribution in [0, 0.1) is 0 Å². The molecule has 232 valence electrons. The standard InChI is InChI=1S/C23H42IN5O11/c24-29-18(23(35)36)3-1-2-6-26-20(31)15-39-13-12-38-10-8-28-21(32)16-40-14-11-37-9-7-27-19(30)5-4-17(25)22(33)34/h17-18,29H,1-16,25H2,(H,26,31)(H,27,30)(H,28,32)(H,33,34)(H,35,36)/t17-,18-/m0/s1. The summed E-state index contributed by atoms with van der Waals surface area (Å²) in [5.41, 5.74) is 5.32. The summed E-state index contributed by atoms with van der Waals surface area (Å²) in [4.78, 5) is 56.4.